The molecule has 1 unspecified atom stereocenters. The zero-order valence-electron chi connectivity index (χ0n) is 10.5. The fourth-order valence-corrected chi connectivity index (χ4v) is 2.42. The van der Waals surface area contributed by atoms with Gasteiger partial charge in [0.15, 0.2) is 0 Å². The molecule has 0 amide bonds. The molecule has 0 bridgehead atoms. The number of ether oxygens (including phenoxy) is 1. The third-order valence-corrected chi connectivity index (χ3v) is 3.66. The fraction of sp³-hybridized carbons (Fsp3) is 0.200. The van der Waals surface area contributed by atoms with Gasteiger partial charge in [-0.3, -0.25) is 0 Å². The maximum Gasteiger partial charge on any atom is 0.119 e. The smallest absolute Gasteiger partial charge is 0.119 e. The summed E-state index contributed by atoms with van der Waals surface area (Å²) < 4.78 is 6.24. The van der Waals surface area contributed by atoms with Gasteiger partial charge in [-0.15, -0.1) is 0 Å². The van der Waals surface area contributed by atoms with Crippen molar-refractivity contribution < 1.29 is 4.74 Å². The Morgan fingerprint density at radius 1 is 1.17 bits per heavy atom. The van der Waals surface area contributed by atoms with Gasteiger partial charge in [0.1, 0.15) is 5.75 Å². The number of hydrogen-bond donors (Lipinski definition) is 1. The minimum absolute atomic E-state index is 0.158. The van der Waals surface area contributed by atoms with Crippen LogP contribution < -0.4 is 10.5 Å². The molecule has 2 aromatic rings. The number of methoxy groups -OCH3 is 1. The zero-order chi connectivity index (χ0) is 13.1. The van der Waals surface area contributed by atoms with Crippen LogP contribution in [0.2, 0.25) is 0 Å². The second-order valence-corrected chi connectivity index (χ2v) is 5.13. The van der Waals surface area contributed by atoms with Crippen molar-refractivity contribution in [3.8, 4) is 5.75 Å². The summed E-state index contributed by atoms with van der Waals surface area (Å²) in [5, 5.41) is 0. The van der Waals surface area contributed by atoms with E-state index in [2.05, 4.69) is 35.0 Å². The molecule has 1 atom stereocenters. The Kier molecular flexibility index (Phi) is 4.04. The Morgan fingerprint density at radius 2 is 1.94 bits per heavy atom. The summed E-state index contributed by atoms with van der Waals surface area (Å²) in [6, 6.07) is 13.9. The van der Waals surface area contributed by atoms with Gasteiger partial charge in [0.05, 0.1) is 13.2 Å². The van der Waals surface area contributed by atoms with Gasteiger partial charge in [-0.25, -0.2) is 0 Å². The van der Waals surface area contributed by atoms with E-state index in [9.17, 15) is 0 Å². The van der Waals surface area contributed by atoms with Crippen molar-refractivity contribution in [2.24, 2.45) is 5.73 Å². The number of benzene rings is 2. The van der Waals surface area contributed by atoms with Crippen molar-refractivity contribution in [2.45, 2.75) is 13.0 Å². The van der Waals surface area contributed by atoms with E-state index in [4.69, 9.17) is 10.5 Å². The van der Waals surface area contributed by atoms with E-state index >= 15 is 0 Å². The van der Waals surface area contributed by atoms with Crippen LogP contribution in [0.4, 0.5) is 0 Å². The van der Waals surface area contributed by atoms with E-state index in [1.165, 1.54) is 5.56 Å². The molecule has 94 valence electrons. The molecule has 0 radical (unpaired) electrons. The maximum absolute atomic E-state index is 6.32. The summed E-state index contributed by atoms with van der Waals surface area (Å²) in [6.45, 7) is 2.07. The number of aryl methyl sites for hydroxylation is 1. The summed E-state index contributed by atoms with van der Waals surface area (Å²) in [5.41, 5.74) is 9.66. The van der Waals surface area contributed by atoms with Crippen LogP contribution in [0.3, 0.4) is 0 Å². The van der Waals surface area contributed by atoms with Crippen molar-refractivity contribution in [1.82, 2.24) is 0 Å². The van der Waals surface area contributed by atoms with Gasteiger partial charge in [-0.05, 0) is 36.2 Å². The Balaban J connectivity index is 2.41. The lowest BCUT2D eigenvalue weighted by Crippen LogP contribution is -2.12. The molecule has 0 aromatic heterocycles. The van der Waals surface area contributed by atoms with Gasteiger partial charge in [-0.1, -0.05) is 45.8 Å². The molecule has 2 N–H and O–H groups in total. The summed E-state index contributed by atoms with van der Waals surface area (Å²) in [6.07, 6.45) is 0. The molecule has 0 spiro atoms. The second-order valence-electron chi connectivity index (χ2n) is 4.28. The number of hydrogen-bond acceptors (Lipinski definition) is 2. The SMILES string of the molecule is COc1ccc(Br)c(C(N)c2cccc(C)c2)c1. The van der Waals surface area contributed by atoms with Gasteiger partial charge in [0.2, 0.25) is 0 Å². The van der Waals surface area contributed by atoms with Gasteiger partial charge >= 0.3 is 0 Å². The van der Waals surface area contributed by atoms with Crippen molar-refractivity contribution in [1.29, 1.82) is 0 Å². The van der Waals surface area contributed by atoms with Crippen LogP contribution >= 0.6 is 15.9 Å². The van der Waals surface area contributed by atoms with Crippen LogP contribution in [0, 0.1) is 6.92 Å². The lowest BCUT2D eigenvalue weighted by Gasteiger charge is -2.16. The minimum Gasteiger partial charge on any atom is -0.497 e. The maximum atomic E-state index is 6.32. The molecule has 3 heteroatoms. The first-order valence-corrected chi connectivity index (χ1v) is 6.56. The lowest BCUT2D eigenvalue weighted by molar-refractivity contribution is 0.414. The monoisotopic (exact) mass is 305 g/mol. The predicted molar refractivity (Wildman–Crippen MR) is 77.9 cm³/mol. The van der Waals surface area contributed by atoms with Crippen LogP contribution in [-0.4, -0.2) is 7.11 Å². The highest BCUT2D eigenvalue weighted by molar-refractivity contribution is 9.10. The van der Waals surface area contributed by atoms with Crippen LogP contribution in [0.15, 0.2) is 46.9 Å². The lowest BCUT2D eigenvalue weighted by atomic mass is 9.98. The molecule has 0 saturated heterocycles. The first-order valence-electron chi connectivity index (χ1n) is 5.77. The van der Waals surface area contributed by atoms with E-state index in [0.717, 1.165) is 21.3 Å². The van der Waals surface area contributed by atoms with Gasteiger partial charge in [-0.2, -0.15) is 0 Å². The van der Waals surface area contributed by atoms with Gasteiger partial charge < -0.3 is 10.5 Å². The molecule has 2 nitrogen and oxygen atoms in total. The van der Waals surface area contributed by atoms with E-state index in [0.29, 0.717) is 0 Å². The summed E-state index contributed by atoms with van der Waals surface area (Å²) in [5.74, 6) is 0.816. The fourth-order valence-electron chi connectivity index (χ4n) is 1.93. The molecule has 18 heavy (non-hydrogen) atoms. The van der Waals surface area contributed by atoms with E-state index < -0.39 is 0 Å². The first kappa shape index (κ1) is 13.1. The molecule has 0 aliphatic heterocycles. The van der Waals surface area contributed by atoms with E-state index in [1.807, 2.05) is 30.3 Å². The molecule has 0 aliphatic carbocycles. The normalized spacial score (nSPS) is 12.2. The third-order valence-electron chi connectivity index (χ3n) is 2.94. The van der Waals surface area contributed by atoms with E-state index in [-0.39, 0.29) is 6.04 Å². The van der Waals surface area contributed by atoms with Crippen molar-refractivity contribution in [3.05, 3.63) is 63.6 Å². The standard InChI is InChI=1S/C15H16BrNO/c1-10-4-3-5-11(8-10)15(17)13-9-12(18-2)6-7-14(13)16/h3-9,15H,17H2,1-2H3. The third kappa shape index (κ3) is 2.74. The van der Waals surface area contributed by atoms with Crippen molar-refractivity contribution >= 4 is 15.9 Å². The first-order chi connectivity index (χ1) is 8.61. The Hall–Kier alpha value is -1.32. The van der Waals surface area contributed by atoms with Crippen molar-refractivity contribution in [3.63, 3.8) is 0 Å². The average molecular weight is 306 g/mol. The minimum atomic E-state index is -0.158. The molecular formula is C15H16BrNO. The number of nitrogens with two attached hydrogens (primary N) is 1. The zero-order valence-corrected chi connectivity index (χ0v) is 12.1. The highest BCUT2D eigenvalue weighted by Crippen LogP contribution is 2.30. The Morgan fingerprint density at radius 3 is 2.61 bits per heavy atom. The van der Waals surface area contributed by atoms with Gasteiger partial charge in [0, 0.05) is 4.47 Å². The van der Waals surface area contributed by atoms with Crippen molar-refractivity contribution in [2.75, 3.05) is 7.11 Å². The molecule has 0 aliphatic rings. The quantitative estimate of drug-likeness (QED) is 0.936. The van der Waals surface area contributed by atoms with Gasteiger partial charge in [0.25, 0.3) is 0 Å². The highest BCUT2D eigenvalue weighted by Gasteiger charge is 2.13. The Bertz CT molecular complexity index is 554. The van der Waals surface area contributed by atoms with E-state index in [1.54, 1.807) is 7.11 Å². The molecular weight excluding hydrogens is 290 g/mol. The number of rotatable bonds is 3. The molecule has 2 rings (SSSR count). The largest absolute Gasteiger partial charge is 0.497 e. The topological polar surface area (TPSA) is 35.2 Å². The predicted octanol–water partition coefficient (Wildman–Crippen LogP) is 3.81. The highest BCUT2D eigenvalue weighted by atomic mass is 79.9. The summed E-state index contributed by atoms with van der Waals surface area (Å²) in [4.78, 5) is 0. The summed E-state index contributed by atoms with van der Waals surface area (Å²) in [7, 11) is 1.66. The van der Waals surface area contributed by atoms with Crippen LogP contribution in [-0.2, 0) is 0 Å². The average Bonchev–Trinajstić information content (AvgIpc) is 2.38. The Labute approximate surface area is 116 Å². The number of halogens is 1. The summed E-state index contributed by atoms with van der Waals surface area (Å²) >= 11 is 3.54. The van der Waals surface area contributed by atoms with Crippen LogP contribution in [0.5, 0.6) is 5.75 Å². The molecule has 0 heterocycles. The second kappa shape index (κ2) is 5.55. The molecule has 0 saturated carbocycles. The van der Waals surface area contributed by atoms with Crippen LogP contribution in [0.25, 0.3) is 0 Å². The van der Waals surface area contributed by atoms with Crippen LogP contribution in [0.1, 0.15) is 22.7 Å². The molecule has 2 aromatic carbocycles. The molecule has 0 fully saturated rings.